The summed E-state index contributed by atoms with van der Waals surface area (Å²) >= 11 is 0. The van der Waals surface area contributed by atoms with Gasteiger partial charge in [0.2, 0.25) is 0 Å². The van der Waals surface area contributed by atoms with Crippen molar-refractivity contribution in [3.63, 3.8) is 0 Å². The normalized spacial score (nSPS) is 16.3. The zero-order chi connectivity index (χ0) is 10.7. The molecule has 0 radical (unpaired) electrons. The Labute approximate surface area is 90.8 Å². The molecule has 1 aliphatic rings. The quantitative estimate of drug-likeness (QED) is 0.720. The van der Waals surface area contributed by atoms with Crippen molar-refractivity contribution in [2.45, 2.75) is 32.1 Å². The number of aliphatic imine (C=N–C) groups is 1. The molecule has 0 unspecified atom stereocenters. The average Bonchev–Trinajstić information content (AvgIpc) is 2.31. The minimum Gasteiger partial charge on any atom is -0.265 e. The van der Waals surface area contributed by atoms with Crippen LogP contribution in [-0.4, -0.2) is 10.7 Å². The Morgan fingerprint density at radius 2 is 2.20 bits per heavy atom. The Bertz CT molecular complexity index is 388. The molecular weight excluding hydrogens is 184 g/mol. The number of hydrogen-bond acceptors (Lipinski definition) is 2. The Morgan fingerprint density at radius 1 is 1.33 bits per heavy atom. The van der Waals surface area contributed by atoms with Crippen molar-refractivity contribution >= 4 is 5.71 Å². The van der Waals surface area contributed by atoms with Crippen molar-refractivity contribution in [3.8, 4) is 0 Å². The maximum absolute atomic E-state index is 4.49. The minimum absolute atomic E-state index is 0.000972. The predicted octanol–water partition coefficient (Wildman–Crippen LogP) is 3.11. The molecule has 2 heteroatoms. The summed E-state index contributed by atoms with van der Waals surface area (Å²) in [5, 5.41) is 0. The molecule has 0 bridgehead atoms. The lowest BCUT2D eigenvalue weighted by Crippen LogP contribution is -2.29. The third-order valence-electron chi connectivity index (χ3n) is 2.99. The van der Waals surface area contributed by atoms with E-state index in [1.165, 1.54) is 11.3 Å². The van der Waals surface area contributed by atoms with E-state index < -0.39 is 0 Å². The summed E-state index contributed by atoms with van der Waals surface area (Å²) in [5.41, 5.74) is 2.48. The third kappa shape index (κ3) is 1.99. The molecule has 2 nitrogen and oxygen atoms in total. The maximum Gasteiger partial charge on any atom is 0.0309 e. The van der Waals surface area contributed by atoms with Gasteiger partial charge in [0, 0.05) is 29.7 Å². The summed E-state index contributed by atoms with van der Waals surface area (Å²) in [4.78, 5) is 8.66. The van der Waals surface area contributed by atoms with Crippen molar-refractivity contribution in [1.29, 1.82) is 0 Å². The van der Waals surface area contributed by atoms with Gasteiger partial charge < -0.3 is 0 Å². The average molecular weight is 200 g/mol. The van der Waals surface area contributed by atoms with E-state index in [9.17, 15) is 0 Å². The highest BCUT2D eigenvalue weighted by Crippen LogP contribution is 2.27. The molecule has 0 aliphatic carbocycles. The molecule has 0 fully saturated rings. The van der Waals surface area contributed by atoms with E-state index in [2.05, 4.69) is 36.0 Å². The van der Waals surface area contributed by atoms with Gasteiger partial charge in [-0.3, -0.25) is 9.98 Å². The second-order valence-electron chi connectivity index (χ2n) is 4.37. The molecule has 2 heterocycles. The molecule has 78 valence electrons. The summed E-state index contributed by atoms with van der Waals surface area (Å²) in [5.74, 6) is 0. The molecule has 0 amide bonds. The van der Waals surface area contributed by atoms with Gasteiger partial charge in [-0.15, -0.1) is 0 Å². The van der Waals surface area contributed by atoms with Gasteiger partial charge in [0.15, 0.2) is 0 Å². The van der Waals surface area contributed by atoms with Crippen molar-refractivity contribution in [1.82, 2.24) is 4.98 Å². The molecule has 2 rings (SSSR count). The Morgan fingerprint density at radius 3 is 2.80 bits per heavy atom. The number of hydrogen-bond donors (Lipinski definition) is 0. The van der Waals surface area contributed by atoms with Crippen molar-refractivity contribution in [3.05, 3.63) is 42.4 Å². The van der Waals surface area contributed by atoms with Crippen LogP contribution in [0.3, 0.4) is 0 Å². The Balaban J connectivity index is 2.34. The van der Waals surface area contributed by atoms with Gasteiger partial charge in [0.1, 0.15) is 0 Å². The van der Waals surface area contributed by atoms with E-state index >= 15 is 0 Å². The smallest absolute Gasteiger partial charge is 0.0309 e. The highest BCUT2D eigenvalue weighted by molar-refractivity contribution is 5.95. The van der Waals surface area contributed by atoms with Crippen LogP contribution >= 0.6 is 0 Å². The predicted molar refractivity (Wildman–Crippen MR) is 63.1 cm³/mol. The first kappa shape index (κ1) is 10.1. The van der Waals surface area contributed by atoms with Crippen LogP contribution in [0, 0.1) is 0 Å². The van der Waals surface area contributed by atoms with Crippen molar-refractivity contribution in [2.24, 2.45) is 4.99 Å². The minimum atomic E-state index is -0.000972. The zero-order valence-corrected chi connectivity index (χ0v) is 9.27. The molecule has 0 N–H and O–H groups in total. The van der Waals surface area contributed by atoms with Crippen LogP contribution in [0.4, 0.5) is 0 Å². The van der Waals surface area contributed by atoms with E-state index in [0.717, 1.165) is 12.8 Å². The number of nitrogens with zero attached hydrogens (tertiary/aromatic N) is 2. The topological polar surface area (TPSA) is 25.2 Å². The highest BCUT2D eigenvalue weighted by atomic mass is 14.7. The molecule has 0 saturated carbocycles. The largest absolute Gasteiger partial charge is 0.265 e. The van der Waals surface area contributed by atoms with Crippen LogP contribution in [-0.2, 0) is 5.41 Å². The second-order valence-corrected chi connectivity index (χ2v) is 4.37. The first-order valence-electron chi connectivity index (χ1n) is 5.34. The van der Waals surface area contributed by atoms with Gasteiger partial charge in [-0.25, -0.2) is 0 Å². The summed E-state index contributed by atoms with van der Waals surface area (Å²) in [6.45, 7) is 4.42. The summed E-state index contributed by atoms with van der Waals surface area (Å²) in [7, 11) is 0. The first-order valence-corrected chi connectivity index (χ1v) is 5.34. The molecule has 1 aromatic rings. The van der Waals surface area contributed by atoms with E-state index in [0.29, 0.717) is 0 Å². The standard InChI is InChI=1S/C13H16N2/c1-13(2,11-6-5-8-14-10-11)12-7-3-4-9-15-12/h4-6,8-10H,3,7H2,1-2H3. The van der Waals surface area contributed by atoms with Gasteiger partial charge in [0.25, 0.3) is 0 Å². The van der Waals surface area contributed by atoms with Crippen LogP contribution in [0.25, 0.3) is 0 Å². The van der Waals surface area contributed by atoms with Crippen molar-refractivity contribution in [2.75, 3.05) is 0 Å². The molecule has 15 heavy (non-hydrogen) atoms. The zero-order valence-electron chi connectivity index (χ0n) is 9.27. The molecule has 0 aromatic carbocycles. The monoisotopic (exact) mass is 200 g/mol. The Hall–Kier alpha value is -1.44. The van der Waals surface area contributed by atoms with Gasteiger partial charge in [-0.05, 0) is 24.5 Å². The summed E-state index contributed by atoms with van der Waals surface area (Å²) in [6, 6.07) is 4.10. The van der Waals surface area contributed by atoms with E-state index in [1.807, 2.05) is 24.7 Å². The fourth-order valence-corrected chi connectivity index (χ4v) is 1.87. The number of rotatable bonds is 2. The third-order valence-corrected chi connectivity index (χ3v) is 2.99. The molecule has 1 aromatic heterocycles. The maximum atomic E-state index is 4.49. The fourth-order valence-electron chi connectivity index (χ4n) is 1.87. The number of aromatic nitrogens is 1. The fraction of sp³-hybridized carbons (Fsp3) is 0.385. The Kier molecular flexibility index (Phi) is 2.67. The molecule has 0 spiro atoms. The van der Waals surface area contributed by atoms with E-state index in [4.69, 9.17) is 0 Å². The molecule has 0 atom stereocenters. The summed E-state index contributed by atoms with van der Waals surface area (Å²) in [6.07, 6.45) is 9.92. The summed E-state index contributed by atoms with van der Waals surface area (Å²) < 4.78 is 0. The van der Waals surface area contributed by atoms with Crippen LogP contribution in [0.2, 0.25) is 0 Å². The van der Waals surface area contributed by atoms with Gasteiger partial charge in [-0.1, -0.05) is 26.0 Å². The van der Waals surface area contributed by atoms with Gasteiger partial charge in [0.05, 0.1) is 0 Å². The molecular formula is C13H16N2. The van der Waals surface area contributed by atoms with Gasteiger partial charge in [-0.2, -0.15) is 0 Å². The number of pyridine rings is 1. The molecule has 0 saturated heterocycles. The van der Waals surface area contributed by atoms with Crippen LogP contribution in [0.1, 0.15) is 32.3 Å². The van der Waals surface area contributed by atoms with Gasteiger partial charge >= 0.3 is 0 Å². The van der Waals surface area contributed by atoms with E-state index in [-0.39, 0.29) is 5.41 Å². The van der Waals surface area contributed by atoms with E-state index in [1.54, 1.807) is 0 Å². The lowest BCUT2D eigenvalue weighted by atomic mass is 9.78. The molecule has 1 aliphatic heterocycles. The number of allylic oxidation sites excluding steroid dienone is 1. The van der Waals surface area contributed by atoms with Crippen LogP contribution in [0.5, 0.6) is 0 Å². The lowest BCUT2D eigenvalue weighted by molar-refractivity contribution is 0.689. The first-order chi connectivity index (χ1) is 7.21. The SMILES string of the molecule is CC(C)(C1=NC=CCC1)c1cccnc1. The van der Waals surface area contributed by atoms with Crippen LogP contribution in [0.15, 0.2) is 41.8 Å². The second kappa shape index (κ2) is 3.97. The van der Waals surface area contributed by atoms with Crippen LogP contribution < -0.4 is 0 Å². The van der Waals surface area contributed by atoms with Crippen molar-refractivity contribution < 1.29 is 0 Å². The lowest BCUT2D eigenvalue weighted by Gasteiger charge is -2.27. The highest BCUT2D eigenvalue weighted by Gasteiger charge is 2.27.